The van der Waals surface area contributed by atoms with Gasteiger partial charge in [-0.3, -0.25) is 4.90 Å². The zero-order chi connectivity index (χ0) is 22.0. The maximum atomic E-state index is 12.4. The van der Waals surface area contributed by atoms with Crippen LogP contribution < -0.4 is 15.4 Å². The SMILES string of the molecule is CCNC(=NCc1cccnc1OCC(F)(F)F)NCC(C)(O)CN1CCOCC1. The van der Waals surface area contributed by atoms with Crippen LogP contribution in [-0.2, 0) is 11.3 Å². The van der Waals surface area contributed by atoms with Crippen molar-refractivity contribution in [1.29, 1.82) is 0 Å². The minimum absolute atomic E-state index is 0.0714. The standard InChI is InChI=1S/C19H30F3N5O3/c1-3-23-17(26-12-18(2,28)13-27-7-9-29-10-8-27)25-11-15-5-4-6-24-16(15)30-14-19(20,21)22/h4-6,28H,3,7-14H2,1-2H3,(H2,23,25,26). The van der Waals surface area contributed by atoms with Crippen LogP contribution in [-0.4, -0.2) is 85.3 Å². The lowest BCUT2D eigenvalue weighted by atomic mass is 10.1. The normalized spacial score (nSPS) is 18.0. The highest BCUT2D eigenvalue weighted by Crippen LogP contribution is 2.20. The minimum atomic E-state index is -4.44. The van der Waals surface area contributed by atoms with E-state index in [0.29, 0.717) is 37.8 Å². The van der Waals surface area contributed by atoms with E-state index in [1.807, 2.05) is 6.92 Å². The van der Waals surface area contributed by atoms with Crippen LogP contribution in [0.15, 0.2) is 23.3 Å². The number of guanidine groups is 1. The van der Waals surface area contributed by atoms with Gasteiger partial charge in [-0.1, -0.05) is 6.07 Å². The molecule has 1 unspecified atom stereocenters. The van der Waals surface area contributed by atoms with Crippen LogP contribution in [0.4, 0.5) is 13.2 Å². The van der Waals surface area contributed by atoms with Crippen molar-refractivity contribution in [1.82, 2.24) is 20.5 Å². The van der Waals surface area contributed by atoms with Gasteiger partial charge in [0.05, 0.1) is 25.4 Å². The van der Waals surface area contributed by atoms with Crippen molar-refractivity contribution in [3.05, 3.63) is 23.9 Å². The predicted octanol–water partition coefficient (Wildman–Crippen LogP) is 1.16. The van der Waals surface area contributed by atoms with Gasteiger partial charge in [-0.05, 0) is 19.9 Å². The molecule has 8 nitrogen and oxygen atoms in total. The minimum Gasteiger partial charge on any atom is -0.468 e. The lowest BCUT2D eigenvalue weighted by Gasteiger charge is -2.34. The molecule has 170 valence electrons. The van der Waals surface area contributed by atoms with Gasteiger partial charge in [0.1, 0.15) is 0 Å². The molecule has 0 amide bonds. The van der Waals surface area contributed by atoms with E-state index in [1.54, 1.807) is 19.1 Å². The highest BCUT2D eigenvalue weighted by molar-refractivity contribution is 5.79. The first-order valence-corrected chi connectivity index (χ1v) is 9.86. The van der Waals surface area contributed by atoms with Crippen LogP contribution in [0.5, 0.6) is 5.88 Å². The molecule has 3 N–H and O–H groups in total. The third-order valence-electron chi connectivity index (χ3n) is 4.28. The molecule has 1 saturated heterocycles. The molecular weight excluding hydrogens is 403 g/mol. The molecule has 1 aromatic rings. The Balaban J connectivity index is 1.95. The van der Waals surface area contributed by atoms with Crippen molar-refractivity contribution in [2.24, 2.45) is 4.99 Å². The monoisotopic (exact) mass is 433 g/mol. The summed E-state index contributed by atoms with van der Waals surface area (Å²) in [5.74, 6) is 0.333. The maximum Gasteiger partial charge on any atom is 0.422 e. The van der Waals surface area contributed by atoms with Crippen LogP contribution >= 0.6 is 0 Å². The van der Waals surface area contributed by atoms with Crippen LogP contribution in [0.25, 0.3) is 0 Å². The Labute approximate surface area is 174 Å². The molecular formula is C19H30F3N5O3. The Kier molecular flexibility index (Phi) is 9.12. The average molecular weight is 433 g/mol. The third kappa shape index (κ3) is 9.14. The summed E-state index contributed by atoms with van der Waals surface area (Å²) in [6.45, 7) is 6.45. The zero-order valence-corrected chi connectivity index (χ0v) is 17.3. The summed E-state index contributed by atoms with van der Waals surface area (Å²) in [5.41, 5.74) is -0.568. The lowest BCUT2D eigenvalue weighted by Crippen LogP contribution is -2.52. The van der Waals surface area contributed by atoms with Crippen molar-refractivity contribution in [2.45, 2.75) is 32.2 Å². The molecule has 0 spiro atoms. The molecule has 2 rings (SSSR count). The summed E-state index contributed by atoms with van der Waals surface area (Å²) in [5, 5.41) is 16.8. The molecule has 0 aromatic carbocycles. The number of aromatic nitrogens is 1. The number of hydrogen-bond donors (Lipinski definition) is 3. The Bertz CT molecular complexity index is 680. The molecule has 1 atom stereocenters. The van der Waals surface area contributed by atoms with Gasteiger partial charge in [0.25, 0.3) is 0 Å². The second-order valence-corrected chi connectivity index (χ2v) is 7.31. The second-order valence-electron chi connectivity index (χ2n) is 7.31. The maximum absolute atomic E-state index is 12.4. The Morgan fingerprint density at radius 1 is 1.33 bits per heavy atom. The topological polar surface area (TPSA) is 91.2 Å². The van der Waals surface area contributed by atoms with Gasteiger partial charge < -0.3 is 25.2 Å². The van der Waals surface area contributed by atoms with Gasteiger partial charge in [-0.2, -0.15) is 13.2 Å². The fourth-order valence-electron chi connectivity index (χ4n) is 2.90. The number of halogens is 3. The summed E-state index contributed by atoms with van der Waals surface area (Å²) >= 11 is 0. The molecule has 0 bridgehead atoms. The van der Waals surface area contributed by atoms with Crippen LogP contribution in [0.2, 0.25) is 0 Å². The summed E-state index contributed by atoms with van der Waals surface area (Å²) < 4.78 is 47.4. The fourth-order valence-corrected chi connectivity index (χ4v) is 2.90. The number of β-amino-alcohol motifs (C(OH)–C–C–N with tert-alkyl or cyclic N) is 1. The zero-order valence-electron chi connectivity index (χ0n) is 17.3. The van der Waals surface area contributed by atoms with Crippen molar-refractivity contribution in [3.8, 4) is 5.88 Å². The highest BCUT2D eigenvalue weighted by atomic mass is 19.4. The van der Waals surface area contributed by atoms with E-state index in [9.17, 15) is 18.3 Å². The van der Waals surface area contributed by atoms with Crippen LogP contribution in [0.3, 0.4) is 0 Å². The molecule has 1 aromatic heterocycles. The first-order valence-electron chi connectivity index (χ1n) is 9.86. The van der Waals surface area contributed by atoms with E-state index in [1.165, 1.54) is 6.20 Å². The van der Waals surface area contributed by atoms with Crippen LogP contribution in [0, 0.1) is 0 Å². The average Bonchev–Trinajstić information content (AvgIpc) is 2.69. The van der Waals surface area contributed by atoms with Gasteiger partial charge in [-0.25, -0.2) is 9.98 Å². The molecule has 1 aliphatic heterocycles. The van der Waals surface area contributed by atoms with Crippen molar-refractivity contribution < 1.29 is 27.8 Å². The fraction of sp³-hybridized carbons (Fsp3) is 0.684. The van der Waals surface area contributed by atoms with Gasteiger partial charge in [0.15, 0.2) is 12.6 Å². The number of aliphatic imine (C=N–C) groups is 1. The van der Waals surface area contributed by atoms with Crippen LogP contribution in [0.1, 0.15) is 19.4 Å². The quantitative estimate of drug-likeness (QED) is 0.398. The number of alkyl halides is 3. The van der Waals surface area contributed by atoms with E-state index in [2.05, 4.69) is 25.5 Å². The molecule has 0 saturated carbocycles. The number of aliphatic hydroxyl groups is 1. The number of pyridine rings is 1. The number of ether oxygens (including phenoxy) is 2. The third-order valence-corrected chi connectivity index (χ3v) is 4.28. The van der Waals surface area contributed by atoms with Crippen molar-refractivity contribution in [3.63, 3.8) is 0 Å². The smallest absolute Gasteiger partial charge is 0.422 e. The van der Waals surface area contributed by atoms with Gasteiger partial charge >= 0.3 is 6.18 Å². The number of nitrogens with one attached hydrogen (secondary N) is 2. The number of nitrogens with zero attached hydrogens (tertiary/aromatic N) is 3. The van der Waals surface area contributed by atoms with E-state index >= 15 is 0 Å². The summed E-state index contributed by atoms with van der Waals surface area (Å²) in [6, 6.07) is 3.22. The molecule has 0 radical (unpaired) electrons. The molecule has 1 fully saturated rings. The molecule has 30 heavy (non-hydrogen) atoms. The van der Waals surface area contributed by atoms with E-state index in [0.717, 1.165) is 13.1 Å². The number of hydrogen-bond acceptors (Lipinski definition) is 6. The first kappa shape index (κ1) is 24.2. The first-order chi connectivity index (χ1) is 14.2. The lowest BCUT2D eigenvalue weighted by molar-refractivity contribution is -0.154. The molecule has 1 aliphatic rings. The molecule has 0 aliphatic carbocycles. The molecule has 11 heteroatoms. The van der Waals surface area contributed by atoms with Gasteiger partial charge in [0, 0.05) is 44.5 Å². The van der Waals surface area contributed by atoms with Gasteiger partial charge in [-0.15, -0.1) is 0 Å². The van der Waals surface area contributed by atoms with E-state index < -0.39 is 18.4 Å². The van der Waals surface area contributed by atoms with Gasteiger partial charge in [0.2, 0.25) is 5.88 Å². The van der Waals surface area contributed by atoms with E-state index in [-0.39, 0.29) is 19.0 Å². The number of morpholine rings is 1. The Hall–Kier alpha value is -2.11. The molecule has 2 heterocycles. The second kappa shape index (κ2) is 11.3. The van der Waals surface area contributed by atoms with Crippen molar-refractivity contribution in [2.75, 3.05) is 52.5 Å². The summed E-state index contributed by atoms with van der Waals surface area (Å²) in [6.07, 6.45) is -3.08. The summed E-state index contributed by atoms with van der Waals surface area (Å²) in [4.78, 5) is 10.4. The highest BCUT2D eigenvalue weighted by Gasteiger charge is 2.29. The predicted molar refractivity (Wildman–Crippen MR) is 106 cm³/mol. The Morgan fingerprint density at radius 2 is 2.07 bits per heavy atom. The largest absolute Gasteiger partial charge is 0.468 e. The number of rotatable bonds is 9. The summed E-state index contributed by atoms with van der Waals surface area (Å²) in [7, 11) is 0. The van der Waals surface area contributed by atoms with E-state index in [4.69, 9.17) is 9.47 Å². The van der Waals surface area contributed by atoms with Crippen molar-refractivity contribution >= 4 is 5.96 Å². The Morgan fingerprint density at radius 3 is 2.73 bits per heavy atom.